The molecule has 0 aliphatic rings. The number of rotatable bonds is 6. The Morgan fingerprint density at radius 2 is 1.16 bits per heavy atom. The minimum atomic E-state index is -0.641. The molecule has 0 atom stereocenters. The van der Waals surface area contributed by atoms with Gasteiger partial charge in [0.25, 0.3) is 0 Å². The highest BCUT2D eigenvalue weighted by Gasteiger charge is 2.15. The summed E-state index contributed by atoms with van der Waals surface area (Å²) in [5.74, 6) is -1.32. The minimum Gasteiger partial charge on any atom is -0.508 e. The Kier molecular flexibility index (Phi) is 6.46. The molecule has 158 valence electrons. The fourth-order valence-electron chi connectivity index (χ4n) is 2.55. The second-order valence-corrected chi connectivity index (χ2v) is 6.54. The summed E-state index contributed by atoms with van der Waals surface area (Å²) in [5, 5.41) is 27.0. The van der Waals surface area contributed by atoms with Gasteiger partial charge in [0.15, 0.2) is 11.5 Å². The molecule has 0 fully saturated rings. The van der Waals surface area contributed by atoms with Crippen LogP contribution >= 0.6 is 0 Å². The van der Waals surface area contributed by atoms with E-state index in [1.165, 1.54) is 36.4 Å². The lowest BCUT2D eigenvalue weighted by atomic mass is 10.1. The number of carbonyl (C=O) groups is 2. The first kappa shape index (κ1) is 21.3. The summed E-state index contributed by atoms with van der Waals surface area (Å²) in [7, 11) is 0. The van der Waals surface area contributed by atoms with Crippen molar-refractivity contribution in [1.82, 2.24) is 10.9 Å². The first-order chi connectivity index (χ1) is 14.8. The molecule has 0 bridgehead atoms. The number of phenols is 2. The van der Waals surface area contributed by atoms with Crippen LogP contribution in [0.4, 0.5) is 0 Å². The van der Waals surface area contributed by atoms with Crippen LogP contribution < -0.4 is 10.9 Å². The van der Waals surface area contributed by atoms with E-state index in [1.54, 1.807) is 38.1 Å². The Morgan fingerprint density at radius 3 is 1.55 bits per heavy atom. The number of hydrogen-bond donors (Lipinski definition) is 4. The molecular weight excluding hydrogens is 400 g/mol. The van der Waals surface area contributed by atoms with Crippen LogP contribution in [0.25, 0.3) is 0 Å². The van der Waals surface area contributed by atoms with Crippen molar-refractivity contribution in [3.8, 4) is 11.5 Å². The van der Waals surface area contributed by atoms with Gasteiger partial charge in [-0.05, 0) is 50.2 Å². The summed E-state index contributed by atoms with van der Waals surface area (Å²) in [6.07, 6.45) is 0. The van der Waals surface area contributed by atoms with Crippen LogP contribution in [0.2, 0.25) is 0 Å². The maximum absolute atomic E-state index is 12.2. The Morgan fingerprint density at radius 1 is 0.742 bits per heavy atom. The smallest absolute Gasteiger partial charge is 0.307 e. The third-order valence-electron chi connectivity index (χ3n) is 4.23. The zero-order valence-electron chi connectivity index (χ0n) is 16.8. The van der Waals surface area contributed by atoms with Crippen molar-refractivity contribution in [3.05, 3.63) is 83.3 Å². The average Bonchev–Trinajstić information content (AvgIpc) is 3.26. The normalized spacial score (nSPS) is 11.8. The van der Waals surface area contributed by atoms with Crippen molar-refractivity contribution in [2.24, 2.45) is 10.2 Å². The molecule has 0 spiro atoms. The number of benzene rings is 2. The van der Waals surface area contributed by atoms with Crippen molar-refractivity contribution < 1.29 is 24.2 Å². The van der Waals surface area contributed by atoms with E-state index in [0.717, 1.165) is 0 Å². The van der Waals surface area contributed by atoms with Crippen molar-refractivity contribution >= 4 is 23.2 Å². The van der Waals surface area contributed by atoms with Crippen molar-refractivity contribution in [2.45, 2.75) is 13.8 Å². The number of hydrogen-bond acceptors (Lipinski definition) is 7. The molecule has 9 heteroatoms. The van der Waals surface area contributed by atoms with Crippen LogP contribution in [-0.2, 0) is 0 Å². The molecule has 0 radical (unpaired) electrons. The lowest BCUT2D eigenvalue weighted by Gasteiger charge is -2.03. The quantitative estimate of drug-likeness (QED) is 0.359. The van der Waals surface area contributed by atoms with E-state index in [2.05, 4.69) is 21.1 Å². The van der Waals surface area contributed by atoms with E-state index in [0.29, 0.717) is 22.6 Å². The fourth-order valence-corrected chi connectivity index (χ4v) is 2.55. The molecule has 4 N–H and O–H groups in total. The molecule has 31 heavy (non-hydrogen) atoms. The number of furan rings is 1. The summed E-state index contributed by atoms with van der Waals surface area (Å²) in [6, 6.07) is 15.6. The van der Waals surface area contributed by atoms with Gasteiger partial charge in [0, 0.05) is 11.1 Å². The third kappa shape index (κ3) is 5.57. The fraction of sp³-hybridized carbons (Fsp3) is 0.0909. The maximum atomic E-state index is 12.2. The molecule has 0 aliphatic carbocycles. The highest BCUT2D eigenvalue weighted by atomic mass is 16.4. The lowest BCUT2D eigenvalue weighted by Crippen LogP contribution is -2.20. The van der Waals surface area contributed by atoms with E-state index < -0.39 is 11.8 Å². The van der Waals surface area contributed by atoms with Crippen LogP contribution in [0.1, 0.15) is 46.1 Å². The Hall–Kier alpha value is -4.40. The average molecular weight is 420 g/mol. The van der Waals surface area contributed by atoms with Crippen molar-refractivity contribution in [1.29, 1.82) is 0 Å². The number of amides is 2. The highest BCUT2D eigenvalue weighted by Crippen LogP contribution is 2.13. The summed E-state index contributed by atoms with van der Waals surface area (Å²) < 4.78 is 5.28. The maximum Gasteiger partial charge on any atom is 0.307 e. The predicted molar refractivity (Wildman–Crippen MR) is 114 cm³/mol. The van der Waals surface area contributed by atoms with Crippen molar-refractivity contribution in [3.63, 3.8) is 0 Å². The first-order valence-corrected chi connectivity index (χ1v) is 9.21. The van der Waals surface area contributed by atoms with E-state index in [9.17, 15) is 19.8 Å². The first-order valence-electron chi connectivity index (χ1n) is 9.21. The SMILES string of the molecule is CC(=NNC(=O)c1ccc(C(=O)NN=C(C)c2cccc(O)c2)o1)c1cccc(O)c1. The molecule has 3 rings (SSSR count). The number of phenolic OH excluding ortho intramolecular Hbond substituents is 2. The molecule has 0 aliphatic heterocycles. The molecule has 2 aromatic carbocycles. The molecule has 2 amide bonds. The standard InChI is InChI=1S/C22H20N4O5/c1-13(15-5-3-7-17(27)11-15)23-25-21(29)19-9-10-20(31-19)22(30)26-24-14(2)16-6-4-8-18(28)12-16/h3-12,27-28H,1-2H3,(H,25,29)(H,26,30). The monoisotopic (exact) mass is 420 g/mol. The van der Waals surface area contributed by atoms with Gasteiger partial charge in [-0.25, -0.2) is 10.9 Å². The molecule has 0 unspecified atom stereocenters. The van der Waals surface area contributed by atoms with Crippen LogP contribution in [-0.4, -0.2) is 33.5 Å². The van der Waals surface area contributed by atoms with Gasteiger partial charge in [0.2, 0.25) is 0 Å². The number of nitrogens with one attached hydrogen (secondary N) is 2. The molecule has 9 nitrogen and oxygen atoms in total. The van der Waals surface area contributed by atoms with Gasteiger partial charge in [-0.15, -0.1) is 0 Å². The number of hydrazone groups is 2. The molecule has 0 saturated heterocycles. The minimum absolute atomic E-state index is 0.0852. The molecule has 3 aromatic rings. The topological polar surface area (TPSA) is 137 Å². The van der Waals surface area contributed by atoms with E-state index >= 15 is 0 Å². The van der Waals surface area contributed by atoms with Crippen LogP contribution in [0.3, 0.4) is 0 Å². The predicted octanol–water partition coefficient (Wildman–Crippen LogP) is 3.00. The summed E-state index contributed by atoms with van der Waals surface area (Å²) in [5.41, 5.74) is 6.91. The summed E-state index contributed by atoms with van der Waals surface area (Å²) in [6.45, 7) is 3.34. The molecular formula is C22H20N4O5. The number of aromatic hydroxyl groups is 2. The third-order valence-corrected chi connectivity index (χ3v) is 4.23. The molecule has 1 aromatic heterocycles. The number of carbonyl (C=O) groups excluding carboxylic acids is 2. The summed E-state index contributed by atoms with van der Waals surface area (Å²) in [4.78, 5) is 24.4. The van der Waals surface area contributed by atoms with Gasteiger partial charge in [0.1, 0.15) is 11.5 Å². The highest BCUT2D eigenvalue weighted by molar-refractivity contribution is 6.02. The van der Waals surface area contributed by atoms with Crippen LogP contribution in [0, 0.1) is 0 Å². The second kappa shape index (κ2) is 9.40. The van der Waals surface area contributed by atoms with E-state index in [-0.39, 0.29) is 23.0 Å². The van der Waals surface area contributed by atoms with Gasteiger partial charge in [-0.3, -0.25) is 9.59 Å². The summed E-state index contributed by atoms with van der Waals surface area (Å²) >= 11 is 0. The zero-order chi connectivity index (χ0) is 22.4. The zero-order valence-corrected chi connectivity index (χ0v) is 16.8. The van der Waals surface area contributed by atoms with Gasteiger partial charge in [0.05, 0.1) is 11.4 Å². The largest absolute Gasteiger partial charge is 0.508 e. The lowest BCUT2D eigenvalue weighted by molar-refractivity contribution is 0.0902. The van der Waals surface area contributed by atoms with Gasteiger partial charge in [-0.1, -0.05) is 24.3 Å². The van der Waals surface area contributed by atoms with E-state index in [4.69, 9.17) is 4.42 Å². The molecule has 0 saturated carbocycles. The Balaban J connectivity index is 1.62. The Bertz CT molecular complexity index is 1090. The van der Waals surface area contributed by atoms with Gasteiger partial charge in [-0.2, -0.15) is 10.2 Å². The van der Waals surface area contributed by atoms with Gasteiger partial charge >= 0.3 is 11.8 Å². The van der Waals surface area contributed by atoms with Gasteiger partial charge < -0.3 is 14.6 Å². The van der Waals surface area contributed by atoms with E-state index in [1.807, 2.05) is 0 Å². The van der Waals surface area contributed by atoms with Crippen LogP contribution in [0.15, 0.2) is 75.3 Å². The van der Waals surface area contributed by atoms with Crippen LogP contribution in [0.5, 0.6) is 11.5 Å². The number of nitrogens with zero attached hydrogens (tertiary/aromatic N) is 2. The second-order valence-electron chi connectivity index (χ2n) is 6.54. The van der Waals surface area contributed by atoms with Crippen molar-refractivity contribution in [2.75, 3.05) is 0 Å². The Labute approximate surface area is 177 Å². The molecule has 1 heterocycles.